The molecular weight excluding hydrogens is 479 g/mol. The van der Waals surface area contributed by atoms with E-state index in [4.69, 9.17) is 0 Å². The van der Waals surface area contributed by atoms with Crippen molar-refractivity contribution in [3.05, 3.63) is 83.4 Å². The topological polar surface area (TPSA) is 58.2 Å². The average molecular weight is 513 g/mol. The lowest BCUT2D eigenvalue weighted by atomic mass is 10.0. The number of rotatable bonds is 8. The fraction of sp³-hybridized carbons (Fsp3) is 0.379. The minimum atomic E-state index is -4.39. The van der Waals surface area contributed by atoms with Crippen molar-refractivity contribution in [1.82, 2.24) is 10.7 Å². The predicted octanol–water partition coefficient (Wildman–Crippen LogP) is 5.85. The molecule has 0 bridgehead atoms. The maximum Gasteiger partial charge on any atom is 0.416 e. The van der Waals surface area contributed by atoms with Crippen molar-refractivity contribution in [2.75, 3.05) is 13.1 Å². The summed E-state index contributed by atoms with van der Waals surface area (Å²) in [5, 5.41) is 4.89. The molecule has 1 atom stereocenters. The molecule has 0 aliphatic carbocycles. The van der Waals surface area contributed by atoms with E-state index >= 15 is 0 Å². The van der Waals surface area contributed by atoms with Crippen LogP contribution in [0.2, 0.25) is 0 Å². The first-order valence-electron chi connectivity index (χ1n) is 12.7. The fourth-order valence-corrected chi connectivity index (χ4v) is 4.99. The van der Waals surface area contributed by atoms with E-state index in [0.29, 0.717) is 31.6 Å². The van der Waals surface area contributed by atoms with Crippen LogP contribution in [-0.2, 0) is 17.5 Å². The van der Waals surface area contributed by atoms with Crippen molar-refractivity contribution in [2.45, 2.75) is 51.9 Å². The van der Waals surface area contributed by atoms with Crippen molar-refractivity contribution in [3.8, 4) is 0 Å². The van der Waals surface area contributed by atoms with Crippen LogP contribution in [0.1, 0.15) is 54.6 Å². The van der Waals surface area contributed by atoms with E-state index in [1.165, 1.54) is 12.1 Å². The first-order chi connectivity index (χ1) is 17.5. The van der Waals surface area contributed by atoms with Crippen LogP contribution in [0.5, 0.6) is 0 Å². The van der Waals surface area contributed by atoms with Gasteiger partial charge in [0.05, 0.1) is 5.56 Å². The molecule has 1 aliphatic rings. The summed E-state index contributed by atoms with van der Waals surface area (Å²) < 4.78 is 39.2. The molecule has 1 aliphatic heterocycles. The Morgan fingerprint density at radius 3 is 2.19 bits per heavy atom. The second-order valence-electron chi connectivity index (χ2n) is 10.3. The summed E-state index contributed by atoms with van der Waals surface area (Å²) in [6, 6.07) is 17.6. The molecule has 196 valence electrons. The van der Waals surface area contributed by atoms with Gasteiger partial charge in [0, 0.05) is 24.0 Å². The second kappa shape index (κ2) is 10.9. The number of nitrogens with zero attached hydrogens (tertiary/aromatic N) is 1. The minimum Gasteiger partial charge on any atom is -0.340 e. The lowest BCUT2D eigenvalue weighted by molar-refractivity contribution is -0.963. The number of nitrogens with one attached hydrogen (secondary N) is 2. The first kappa shape index (κ1) is 26.7. The molecule has 0 saturated carbocycles. The lowest BCUT2D eigenvalue weighted by Gasteiger charge is -2.35. The SMILES string of the molecule is CC(C)C[C@H](NC(=O)c1ccc2ccccc2c1)C(=O)N[N+]1(Cc2ccc(C(F)(F)F)cc2)CCCC1. The van der Waals surface area contributed by atoms with Gasteiger partial charge in [-0.25, -0.2) is 4.59 Å². The molecule has 2 N–H and O–H groups in total. The van der Waals surface area contributed by atoms with E-state index in [1.807, 2.05) is 50.2 Å². The van der Waals surface area contributed by atoms with Crippen LogP contribution in [0.4, 0.5) is 13.2 Å². The van der Waals surface area contributed by atoms with Crippen LogP contribution in [0.25, 0.3) is 10.8 Å². The molecule has 1 heterocycles. The van der Waals surface area contributed by atoms with E-state index in [2.05, 4.69) is 10.7 Å². The average Bonchev–Trinajstić information content (AvgIpc) is 3.30. The first-order valence-corrected chi connectivity index (χ1v) is 12.7. The Kier molecular flexibility index (Phi) is 7.87. The molecule has 0 unspecified atom stereocenters. The number of hydrogen-bond acceptors (Lipinski definition) is 2. The number of amides is 2. The molecule has 3 aromatic carbocycles. The van der Waals surface area contributed by atoms with Gasteiger partial charge in [0.25, 0.3) is 11.8 Å². The minimum absolute atomic E-state index is 0.162. The maximum absolute atomic E-state index is 13.5. The van der Waals surface area contributed by atoms with Gasteiger partial charge in [-0.15, -0.1) is 0 Å². The van der Waals surface area contributed by atoms with Gasteiger partial charge in [-0.1, -0.05) is 56.3 Å². The number of quaternary nitrogens is 1. The van der Waals surface area contributed by atoms with E-state index in [0.717, 1.165) is 41.3 Å². The zero-order valence-electron chi connectivity index (χ0n) is 21.1. The Hall–Kier alpha value is -3.39. The molecular formula is C29H33F3N3O2+. The van der Waals surface area contributed by atoms with Gasteiger partial charge in [0.2, 0.25) is 0 Å². The van der Waals surface area contributed by atoms with E-state index < -0.39 is 17.8 Å². The Balaban J connectivity index is 1.49. The Labute approximate surface area is 215 Å². The number of carbonyl (C=O) groups excluding carboxylic acids is 2. The van der Waals surface area contributed by atoms with Crippen LogP contribution in [0.15, 0.2) is 66.7 Å². The Morgan fingerprint density at radius 2 is 1.57 bits per heavy atom. The van der Waals surface area contributed by atoms with Crippen molar-refractivity contribution in [3.63, 3.8) is 0 Å². The molecule has 2 amide bonds. The van der Waals surface area contributed by atoms with E-state index in [-0.39, 0.29) is 22.3 Å². The third kappa shape index (κ3) is 6.68. The van der Waals surface area contributed by atoms with Gasteiger partial charge in [0.1, 0.15) is 25.7 Å². The van der Waals surface area contributed by atoms with Gasteiger partial charge in [-0.2, -0.15) is 18.6 Å². The molecule has 0 aromatic heterocycles. The number of halogens is 3. The summed E-state index contributed by atoms with van der Waals surface area (Å²) in [4.78, 5) is 26.6. The van der Waals surface area contributed by atoms with E-state index in [9.17, 15) is 22.8 Å². The molecule has 37 heavy (non-hydrogen) atoms. The number of likely N-dealkylation sites (tertiary alicyclic amines) is 1. The molecule has 5 nitrogen and oxygen atoms in total. The summed E-state index contributed by atoms with van der Waals surface area (Å²) in [6.07, 6.45) is -2.12. The predicted molar refractivity (Wildman–Crippen MR) is 137 cm³/mol. The molecule has 0 radical (unpaired) electrons. The summed E-state index contributed by atoms with van der Waals surface area (Å²) in [5.74, 6) is -0.437. The molecule has 1 saturated heterocycles. The normalized spacial score (nSPS) is 16.1. The van der Waals surface area contributed by atoms with Crippen LogP contribution in [0, 0.1) is 5.92 Å². The Morgan fingerprint density at radius 1 is 0.919 bits per heavy atom. The standard InChI is InChI=1S/C29H32F3N3O2/c1-20(2)17-26(33-27(36)24-12-11-22-7-3-4-8-23(22)18-24)28(37)34-35(15-5-6-16-35)19-21-9-13-25(14-10-21)29(30,31)32/h3-4,7-14,18,20,26H,5-6,15-17,19H2,1-2H3,(H-,33,34,36,37)/p+1/t26-/m0/s1. The van der Waals surface area contributed by atoms with Gasteiger partial charge < -0.3 is 5.32 Å². The summed E-state index contributed by atoms with van der Waals surface area (Å²) >= 11 is 0. The van der Waals surface area contributed by atoms with Crippen molar-refractivity contribution in [2.24, 2.45) is 5.92 Å². The van der Waals surface area contributed by atoms with Gasteiger partial charge >= 0.3 is 6.18 Å². The van der Waals surface area contributed by atoms with Gasteiger partial charge in [0.15, 0.2) is 0 Å². The van der Waals surface area contributed by atoms with Crippen LogP contribution in [-0.4, -0.2) is 35.5 Å². The number of fused-ring (bicyclic) bond motifs is 1. The monoisotopic (exact) mass is 512 g/mol. The molecule has 0 spiro atoms. The fourth-order valence-electron chi connectivity index (χ4n) is 4.99. The highest BCUT2D eigenvalue weighted by molar-refractivity contribution is 6.00. The van der Waals surface area contributed by atoms with Gasteiger partial charge in [-0.05, 0) is 47.4 Å². The van der Waals surface area contributed by atoms with Crippen molar-refractivity contribution in [1.29, 1.82) is 0 Å². The summed E-state index contributed by atoms with van der Waals surface area (Å²) in [7, 11) is 0. The van der Waals surface area contributed by atoms with E-state index in [1.54, 1.807) is 6.07 Å². The van der Waals surface area contributed by atoms with Crippen LogP contribution >= 0.6 is 0 Å². The summed E-state index contributed by atoms with van der Waals surface area (Å²) in [5.41, 5.74) is 3.65. The third-order valence-corrected chi connectivity index (χ3v) is 6.88. The van der Waals surface area contributed by atoms with Crippen molar-refractivity contribution < 1.29 is 27.4 Å². The van der Waals surface area contributed by atoms with Gasteiger partial charge in [-0.3, -0.25) is 9.59 Å². The number of carbonyl (C=O) groups is 2. The lowest BCUT2D eigenvalue weighted by Crippen LogP contribution is -2.62. The highest BCUT2D eigenvalue weighted by Gasteiger charge is 2.38. The zero-order chi connectivity index (χ0) is 26.6. The maximum atomic E-state index is 13.5. The number of alkyl halides is 3. The quantitative estimate of drug-likeness (QED) is 0.372. The largest absolute Gasteiger partial charge is 0.416 e. The highest BCUT2D eigenvalue weighted by Crippen LogP contribution is 2.30. The van der Waals surface area contributed by atoms with Crippen LogP contribution in [0.3, 0.4) is 0 Å². The highest BCUT2D eigenvalue weighted by atomic mass is 19.4. The second-order valence-corrected chi connectivity index (χ2v) is 10.3. The summed E-state index contributed by atoms with van der Waals surface area (Å²) in [6.45, 7) is 5.73. The number of hydrogen-bond donors (Lipinski definition) is 2. The molecule has 8 heteroatoms. The number of benzene rings is 3. The molecule has 3 aromatic rings. The third-order valence-electron chi connectivity index (χ3n) is 6.88. The smallest absolute Gasteiger partial charge is 0.340 e. The van der Waals surface area contributed by atoms with Crippen molar-refractivity contribution >= 4 is 22.6 Å². The molecule has 4 rings (SSSR count). The Bertz CT molecular complexity index is 1250. The molecule has 1 fully saturated rings. The zero-order valence-corrected chi connectivity index (χ0v) is 21.1. The van der Waals surface area contributed by atoms with Crippen LogP contribution < -0.4 is 10.7 Å².